The van der Waals surface area contributed by atoms with Crippen LogP contribution in [0.1, 0.15) is 18.9 Å². The first kappa shape index (κ1) is 11.0. The van der Waals surface area contributed by atoms with Crippen molar-refractivity contribution in [1.29, 1.82) is 0 Å². The second-order valence-corrected chi connectivity index (χ2v) is 4.06. The zero-order valence-electron chi connectivity index (χ0n) is 8.58. The zero-order valence-corrected chi connectivity index (χ0v) is 9.40. The van der Waals surface area contributed by atoms with Gasteiger partial charge in [-0.3, -0.25) is 0 Å². The minimum atomic E-state index is 0.286. The standard InChI is InChI=1S/C11H16N2S/c1-8-5-3-4-6-10(8)13-9(2)7-11(12)14/h3-6,9,13H,7H2,1-2H3,(H2,12,14). The Labute approximate surface area is 90.5 Å². The highest BCUT2D eigenvalue weighted by molar-refractivity contribution is 7.80. The molecule has 0 heterocycles. The Morgan fingerprint density at radius 3 is 2.71 bits per heavy atom. The summed E-state index contributed by atoms with van der Waals surface area (Å²) in [4.78, 5) is 0.554. The van der Waals surface area contributed by atoms with Gasteiger partial charge in [0.25, 0.3) is 0 Å². The number of aryl methyl sites for hydroxylation is 1. The average molecular weight is 208 g/mol. The van der Waals surface area contributed by atoms with Crippen LogP contribution in [0.4, 0.5) is 5.69 Å². The lowest BCUT2D eigenvalue weighted by atomic mass is 10.1. The van der Waals surface area contributed by atoms with Crippen LogP contribution in [0.15, 0.2) is 24.3 Å². The van der Waals surface area contributed by atoms with E-state index in [4.69, 9.17) is 18.0 Å². The van der Waals surface area contributed by atoms with Crippen LogP contribution >= 0.6 is 12.2 Å². The molecule has 0 aliphatic carbocycles. The highest BCUT2D eigenvalue weighted by atomic mass is 32.1. The number of para-hydroxylation sites is 1. The molecule has 0 fully saturated rings. The molecule has 1 aromatic carbocycles. The van der Waals surface area contributed by atoms with Crippen LogP contribution in [-0.4, -0.2) is 11.0 Å². The molecule has 0 aliphatic heterocycles. The van der Waals surface area contributed by atoms with Crippen molar-refractivity contribution in [2.45, 2.75) is 26.3 Å². The van der Waals surface area contributed by atoms with E-state index in [1.54, 1.807) is 0 Å². The van der Waals surface area contributed by atoms with Crippen LogP contribution < -0.4 is 11.1 Å². The number of benzene rings is 1. The van der Waals surface area contributed by atoms with Gasteiger partial charge in [-0.05, 0) is 25.5 Å². The summed E-state index contributed by atoms with van der Waals surface area (Å²) in [5.74, 6) is 0. The topological polar surface area (TPSA) is 38.0 Å². The first-order chi connectivity index (χ1) is 6.59. The van der Waals surface area contributed by atoms with E-state index in [-0.39, 0.29) is 6.04 Å². The summed E-state index contributed by atoms with van der Waals surface area (Å²) in [6, 6.07) is 8.47. The van der Waals surface area contributed by atoms with Crippen LogP contribution in [0.25, 0.3) is 0 Å². The van der Waals surface area contributed by atoms with Gasteiger partial charge in [0.15, 0.2) is 0 Å². The summed E-state index contributed by atoms with van der Waals surface area (Å²) < 4.78 is 0. The highest BCUT2D eigenvalue weighted by Crippen LogP contribution is 2.14. The molecule has 0 amide bonds. The van der Waals surface area contributed by atoms with Crippen molar-refractivity contribution in [2.75, 3.05) is 5.32 Å². The zero-order chi connectivity index (χ0) is 10.6. The molecule has 14 heavy (non-hydrogen) atoms. The number of hydrogen-bond donors (Lipinski definition) is 2. The lowest BCUT2D eigenvalue weighted by molar-refractivity contribution is 0.838. The molecule has 1 atom stereocenters. The number of nitrogens with two attached hydrogens (primary N) is 1. The van der Waals surface area contributed by atoms with Crippen LogP contribution in [0.3, 0.4) is 0 Å². The minimum Gasteiger partial charge on any atom is -0.393 e. The van der Waals surface area contributed by atoms with Crippen molar-refractivity contribution in [3.8, 4) is 0 Å². The third-order valence-corrected chi connectivity index (χ3v) is 2.22. The van der Waals surface area contributed by atoms with Crippen LogP contribution in [0.5, 0.6) is 0 Å². The lowest BCUT2D eigenvalue weighted by Crippen LogP contribution is -2.23. The summed E-state index contributed by atoms with van der Waals surface area (Å²) in [7, 11) is 0. The second kappa shape index (κ2) is 4.96. The van der Waals surface area contributed by atoms with Gasteiger partial charge < -0.3 is 11.1 Å². The molecule has 0 radical (unpaired) electrons. The Kier molecular flexibility index (Phi) is 3.89. The average Bonchev–Trinajstić information content (AvgIpc) is 2.07. The monoisotopic (exact) mass is 208 g/mol. The predicted octanol–water partition coefficient (Wildman–Crippen LogP) is 2.47. The van der Waals surface area contributed by atoms with E-state index >= 15 is 0 Å². The van der Waals surface area contributed by atoms with Crippen molar-refractivity contribution in [1.82, 2.24) is 0 Å². The fraction of sp³-hybridized carbons (Fsp3) is 0.364. The number of anilines is 1. The van der Waals surface area contributed by atoms with Gasteiger partial charge in [0.2, 0.25) is 0 Å². The Hall–Kier alpha value is -1.09. The third kappa shape index (κ3) is 3.34. The normalized spacial score (nSPS) is 12.1. The lowest BCUT2D eigenvalue weighted by Gasteiger charge is -2.16. The summed E-state index contributed by atoms with van der Waals surface area (Å²) in [5.41, 5.74) is 7.86. The van der Waals surface area contributed by atoms with Gasteiger partial charge in [0.1, 0.15) is 0 Å². The van der Waals surface area contributed by atoms with Crippen molar-refractivity contribution < 1.29 is 0 Å². The molecule has 1 aromatic rings. The van der Waals surface area contributed by atoms with Gasteiger partial charge in [-0.25, -0.2) is 0 Å². The number of rotatable bonds is 4. The molecule has 3 heteroatoms. The first-order valence-electron chi connectivity index (χ1n) is 4.70. The molecule has 76 valence electrons. The highest BCUT2D eigenvalue weighted by Gasteiger charge is 2.04. The molecule has 0 bridgehead atoms. The molecule has 0 saturated carbocycles. The Bertz CT molecular complexity index is 323. The van der Waals surface area contributed by atoms with E-state index in [0.29, 0.717) is 4.99 Å². The van der Waals surface area contributed by atoms with Crippen molar-refractivity contribution in [3.05, 3.63) is 29.8 Å². The minimum absolute atomic E-state index is 0.286. The molecule has 3 N–H and O–H groups in total. The molecule has 1 rings (SSSR count). The van der Waals surface area contributed by atoms with E-state index in [0.717, 1.165) is 12.1 Å². The van der Waals surface area contributed by atoms with Gasteiger partial charge in [-0.1, -0.05) is 30.4 Å². The summed E-state index contributed by atoms with van der Waals surface area (Å²) in [5, 5.41) is 3.37. The van der Waals surface area contributed by atoms with Crippen LogP contribution in [-0.2, 0) is 0 Å². The maximum Gasteiger partial charge on any atom is 0.0747 e. The largest absolute Gasteiger partial charge is 0.393 e. The molecular formula is C11H16N2S. The molecular weight excluding hydrogens is 192 g/mol. The fourth-order valence-electron chi connectivity index (χ4n) is 1.35. The summed E-state index contributed by atoms with van der Waals surface area (Å²) >= 11 is 4.86. The number of nitrogens with one attached hydrogen (secondary N) is 1. The van der Waals surface area contributed by atoms with Gasteiger partial charge in [0.05, 0.1) is 4.99 Å². The van der Waals surface area contributed by atoms with E-state index < -0.39 is 0 Å². The summed E-state index contributed by atoms with van der Waals surface area (Å²) in [6.45, 7) is 4.15. The first-order valence-corrected chi connectivity index (χ1v) is 5.11. The molecule has 2 nitrogen and oxygen atoms in total. The van der Waals surface area contributed by atoms with Gasteiger partial charge in [0, 0.05) is 18.2 Å². The van der Waals surface area contributed by atoms with E-state index in [1.807, 2.05) is 12.1 Å². The SMILES string of the molecule is Cc1ccccc1NC(C)CC(N)=S. The third-order valence-electron chi connectivity index (χ3n) is 2.05. The Morgan fingerprint density at radius 2 is 2.14 bits per heavy atom. The molecule has 0 aromatic heterocycles. The molecule has 0 saturated heterocycles. The van der Waals surface area contributed by atoms with E-state index in [2.05, 4.69) is 31.3 Å². The van der Waals surface area contributed by atoms with Crippen molar-refractivity contribution in [2.24, 2.45) is 5.73 Å². The Balaban J connectivity index is 2.60. The van der Waals surface area contributed by atoms with Gasteiger partial charge in [-0.2, -0.15) is 0 Å². The summed E-state index contributed by atoms with van der Waals surface area (Å²) in [6.07, 6.45) is 0.726. The van der Waals surface area contributed by atoms with E-state index in [1.165, 1.54) is 5.56 Å². The quantitative estimate of drug-likeness (QED) is 0.747. The smallest absolute Gasteiger partial charge is 0.0747 e. The van der Waals surface area contributed by atoms with E-state index in [9.17, 15) is 0 Å². The van der Waals surface area contributed by atoms with Crippen LogP contribution in [0, 0.1) is 6.92 Å². The van der Waals surface area contributed by atoms with Gasteiger partial charge >= 0.3 is 0 Å². The fourth-order valence-corrected chi connectivity index (χ4v) is 1.60. The molecule has 0 aliphatic rings. The maximum absolute atomic E-state index is 5.48. The molecule has 1 unspecified atom stereocenters. The number of thiocarbonyl (C=S) groups is 1. The number of hydrogen-bond acceptors (Lipinski definition) is 2. The van der Waals surface area contributed by atoms with Crippen molar-refractivity contribution >= 4 is 22.9 Å². The second-order valence-electron chi connectivity index (χ2n) is 3.53. The Morgan fingerprint density at radius 1 is 1.50 bits per heavy atom. The predicted molar refractivity (Wildman–Crippen MR) is 65.7 cm³/mol. The van der Waals surface area contributed by atoms with Crippen molar-refractivity contribution in [3.63, 3.8) is 0 Å². The van der Waals surface area contributed by atoms with Crippen LogP contribution in [0.2, 0.25) is 0 Å². The maximum atomic E-state index is 5.48. The van der Waals surface area contributed by atoms with Gasteiger partial charge in [-0.15, -0.1) is 0 Å². The molecule has 0 spiro atoms.